The molecule has 0 aliphatic rings. The number of ether oxygens (including phenoxy) is 3. The second-order valence-electron chi connectivity index (χ2n) is 8.24. The number of aromatic amines is 1. The quantitative estimate of drug-likeness (QED) is 0.198. The molecule has 13 nitrogen and oxygen atoms in total. The van der Waals surface area contributed by atoms with E-state index in [4.69, 9.17) is 19.9 Å². The molecule has 13 heteroatoms. The molecule has 0 fully saturated rings. The number of benzene rings is 1. The van der Waals surface area contributed by atoms with E-state index in [1.165, 1.54) is 17.8 Å². The molecule has 3 rings (SSSR count). The normalized spacial score (nSPS) is 11.9. The lowest BCUT2D eigenvalue weighted by Crippen LogP contribution is -2.45. The lowest BCUT2D eigenvalue weighted by atomic mass is 10.1. The van der Waals surface area contributed by atoms with Gasteiger partial charge in [0.1, 0.15) is 26.0 Å². The third kappa shape index (κ3) is 6.88. The zero-order valence-electron chi connectivity index (χ0n) is 20.1. The summed E-state index contributed by atoms with van der Waals surface area (Å²) < 4.78 is 17.4. The molecule has 2 heterocycles. The molecular formula is C23H28N6O7. The largest absolute Gasteiger partial charge is 0.462 e. The minimum atomic E-state index is -0.922. The van der Waals surface area contributed by atoms with E-state index >= 15 is 0 Å². The SMILES string of the molecule is CC(=O)c1ccc(COC(=O)N[C@H](C(=O)OCCOCn2cnc3c(=O)[nH]c(N)nc32)C(C)C)cc1. The highest BCUT2D eigenvalue weighted by atomic mass is 16.6. The highest BCUT2D eigenvalue weighted by Crippen LogP contribution is 2.09. The maximum absolute atomic E-state index is 12.5. The van der Waals surface area contributed by atoms with Crippen molar-refractivity contribution >= 4 is 35.0 Å². The number of rotatable bonds is 11. The van der Waals surface area contributed by atoms with E-state index in [9.17, 15) is 19.2 Å². The summed E-state index contributed by atoms with van der Waals surface area (Å²) in [6.07, 6.45) is 0.617. The Bertz CT molecular complexity index is 1280. The van der Waals surface area contributed by atoms with Crippen molar-refractivity contribution in [3.8, 4) is 0 Å². The first-order chi connectivity index (χ1) is 17.2. The van der Waals surface area contributed by atoms with Crippen molar-refractivity contribution in [3.63, 3.8) is 0 Å². The fourth-order valence-corrected chi connectivity index (χ4v) is 3.17. The average Bonchev–Trinajstić information content (AvgIpc) is 3.23. The summed E-state index contributed by atoms with van der Waals surface area (Å²) >= 11 is 0. The molecule has 0 bridgehead atoms. The summed E-state index contributed by atoms with van der Waals surface area (Å²) in [4.78, 5) is 58.2. The van der Waals surface area contributed by atoms with Crippen LogP contribution < -0.4 is 16.6 Å². The standard InChI is InChI=1S/C23H28N6O7/c1-13(2)17(26-23(33)36-10-15-4-6-16(7-5-15)14(3)30)21(32)35-9-8-34-12-29-11-25-18-19(29)27-22(24)28-20(18)31/h4-7,11,13,17H,8-10,12H2,1-3H3,(H,26,33)(H3,24,27,28,31)/t17-/m0/s1. The van der Waals surface area contributed by atoms with Gasteiger partial charge in [-0.25, -0.2) is 14.6 Å². The van der Waals surface area contributed by atoms with Crippen molar-refractivity contribution in [2.45, 2.75) is 40.2 Å². The maximum atomic E-state index is 12.5. The summed E-state index contributed by atoms with van der Waals surface area (Å²) in [6.45, 7) is 4.96. The molecular weight excluding hydrogens is 472 g/mol. The van der Waals surface area contributed by atoms with Gasteiger partial charge in [-0.3, -0.25) is 19.1 Å². The van der Waals surface area contributed by atoms with Crippen LogP contribution in [-0.4, -0.2) is 56.6 Å². The van der Waals surface area contributed by atoms with Crippen LogP contribution in [0, 0.1) is 5.92 Å². The number of hydrogen-bond donors (Lipinski definition) is 3. The highest BCUT2D eigenvalue weighted by Gasteiger charge is 2.26. The van der Waals surface area contributed by atoms with Gasteiger partial charge < -0.3 is 25.3 Å². The Morgan fingerprint density at radius 3 is 2.53 bits per heavy atom. The van der Waals surface area contributed by atoms with Crippen LogP contribution in [0.5, 0.6) is 0 Å². The van der Waals surface area contributed by atoms with Gasteiger partial charge in [-0.2, -0.15) is 4.98 Å². The van der Waals surface area contributed by atoms with Crippen LogP contribution in [-0.2, 0) is 32.3 Å². The van der Waals surface area contributed by atoms with Crippen LogP contribution in [0.4, 0.5) is 10.7 Å². The summed E-state index contributed by atoms with van der Waals surface area (Å²) in [6, 6.07) is 5.75. The second-order valence-corrected chi connectivity index (χ2v) is 8.24. The number of imidazole rings is 1. The van der Waals surface area contributed by atoms with Crippen molar-refractivity contribution in [2.24, 2.45) is 5.92 Å². The first-order valence-corrected chi connectivity index (χ1v) is 11.1. The zero-order valence-corrected chi connectivity index (χ0v) is 20.1. The number of aromatic nitrogens is 4. The first kappa shape index (κ1) is 26.3. The van der Waals surface area contributed by atoms with E-state index in [2.05, 4.69) is 20.3 Å². The number of carbonyl (C=O) groups is 3. The number of nitrogens with zero attached hydrogens (tertiary/aromatic N) is 3. The molecule has 0 radical (unpaired) electrons. The third-order valence-corrected chi connectivity index (χ3v) is 5.12. The zero-order chi connectivity index (χ0) is 26.2. The van der Waals surface area contributed by atoms with Gasteiger partial charge in [-0.05, 0) is 18.4 Å². The fraction of sp³-hybridized carbons (Fsp3) is 0.391. The number of nitrogen functional groups attached to an aromatic ring is 1. The van der Waals surface area contributed by atoms with Crippen LogP contribution >= 0.6 is 0 Å². The van der Waals surface area contributed by atoms with E-state index in [-0.39, 0.29) is 55.4 Å². The number of carbonyl (C=O) groups excluding carboxylic acids is 3. The number of H-pyrrole nitrogens is 1. The number of amides is 1. The minimum Gasteiger partial charge on any atom is -0.462 e. The molecule has 0 aliphatic carbocycles. The van der Waals surface area contributed by atoms with Crippen LogP contribution in [0.15, 0.2) is 35.4 Å². The molecule has 1 atom stereocenters. The van der Waals surface area contributed by atoms with Crippen LogP contribution in [0.25, 0.3) is 11.2 Å². The lowest BCUT2D eigenvalue weighted by molar-refractivity contribution is -0.149. The second kappa shape index (κ2) is 11.9. The Morgan fingerprint density at radius 2 is 1.86 bits per heavy atom. The van der Waals surface area contributed by atoms with Gasteiger partial charge in [-0.15, -0.1) is 0 Å². The van der Waals surface area contributed by atoms with Gasteiger partial charge >= 0.3 is 12.1 Å². The van der Waals surface area contributed by atoms with Gasteiger partial charge in [0.05, 0.1) is 12.9 Å². The predicted octanol–water partition coefficient (Wildman–Crippen LogP) is 1.37. The number of esters is 1. The molecule has 2 aromatic heterocycles. The summed E-state index contributed by atoms with van der Waals surface area (Å²) in [5.41, 5.74) is 6.76. The molecule has 192 valence electrons. The number of alkyl carbamates (subject to hydrolysis) is 1. The van der Waals surface area contributed by atoms with E-state index in [1.54, 1.807) is 38.1 Å². The van der Waals surface area contributed by atoms with E-state index in [0.717, 1.165) is 0 Å². The molecule has 0 saturated heterocycles. The molecule has 3 aromatic rings. The maximum Gasteiger partial charge on any atom is 0.408 e. The van der Waals surface area contributed by atoms with E-state index < -0.39 is 23.7 Å². The van der Waals surface area contributed by atoms with Gasteiger partial charge in [0, 0.05) is 5.56 Å². The van der Waals surface area contributed by atoms with E-state index in [0.29, 0.717) is 11.1 Å². The smallest absolute Gasteiger partial charge is 0.408 e. The van der Waals surface area contributed by atoms with Gasteiger partial charge in [-0.1, -0.05) is 38.1 Å². The van der Waals surface area contributed by atoms with Crippen LogP contribution in [0.3, 0.4) is 0 Å². The topological polar surface area (TPSA) is 181 Å². The Kier molecular flexibility index (Phi) is 8.73. The van der Waals surface area contributed by atoms with Crippen molar-refractivity contribution in [2.75, 3.05) is 18.9 Å². The molecule has 1 amide bonds. The summed E-state index contributed by atoms with van der Waals surface area (Å²) in [7, 11) is 0. The highest BCUT2D eigenvalue weighted by molar-refractivity contribution is 5.94. The number of ketones is 1. The molecule has 0 unspecified atom stereocenters. The van der Waals surface area contributed by atoms with Crippen molar-refractivity contribution in [3.05, 3.63) is 52.1 Å². The van der Waals surface area contributed by atoms with Gasteiger partial charge in [0.15, 0.2) is 16.9 Å². The van der Waals surface area contributed by atoms with Crippen molar-refractivity contribution < 1.29 is 28.6 Å². The summed E-state index contributed by atoms with van der Waals surface area (Å²) in [5, 5.41) is 2.51. The third-order valence-electron chi connectivity index (χ3n) is 5.12. The Labute approximate surface area is 206 Å². The number of hydrogen-bond acceptors (Lipinski definition) is 10. The van der Waals surface area contributed by atoms with Gasteiger partial charge in [0.2, 0.25) is 5.95 Å². The molecule has 1 aromatic carbocycles. The Balaban J connectivity index is 1.42. The van der Waals surface area contributed by atoms with Crippen molar-refractivity contribution in [1.82, 2.24) is 24.8 Å². The Morgan fingerprint density at radius 1 is 1.14 bits per heavy atom. The number of anilines is 1. The minimum absolute atomic E-state index is 0.00945. The number of nitrogens with two attached hydrogens (primary N) is 1. The molecule has 4 N–H and O–H groups in total. The lowest BCUT2D eigenvalue weighted by Gasteiger charge is -2.20. The van der Waals surface area contributed by atoms with E-state index in [1.807, 2.05) is 0 Å². The summed E-state index contributed by atoms with van der Waals surface area (Å²) in [5.74, 6) is -0.990. The molecule has 0 spiro atoms. The number of fused-ring (bicyclic) bond motifs is 1. The number of Topliss-reactive ketones (excluding diaryl/α,β-unsaturated/α-hetero) is 1. The van der Waals surface area contributed by atoms with Crippen molar-refractivity contribution in [1.29, 1.82) is 0 Å². The van der Waals surface area contributed by atoms with Crippen LogP contribution in [0.1, 0.15) is 36.7 Å². The molecule has 0 saturated carbocycles. The van der Waals surface area contributed by atoms with Gasteiger partial charge in [0.25, 0.3) is 5.56 Å². The monoisotopic (exact) mass is 500 g/mol. The first-order valence-electron chi connectivity index (χ1n) is 11.1. The average molecular weight is 501 g/mol. The fourth-order valence-electron chi connectivity index (χ4n) is 3.17. The molecule has 36 heavy (non-hydrogen) atoms. The predicted molar refractivity (Wildman–Crippen MR) is 128 cm³/mol. The Hall–Kier alpha value is -4.26. The number of nitrogens with one attached hydrogen (secondary N) is 2. The molecule has 0 aliphatic heterocycles. The van der Waals surface area contributed by atoms with Crippen LogP contribution in [0.2, 0.25) is 0 Å².